The van der Waals surface area contributed by atoms with Gasteiger partial charge in [0.25, 0.3) is 0 Å². The molecule has 1 fully saturated rings. The Morgan fingerprint density at radius 3 is 3.00 bits per heavy atom. The number of amides is 1. The van der Waals surface area contributed by atoms with Gasteiger partial charge in [-0.3, -0.25) is 9.79 Å². The zero-order valence-corrected chi connectivity index (χ0v) is 17.1. The predicted octanol–water partition coefficient (Wildman–Crippen LogP) is 2.30. The molecule has 1 aliphatic heterocycles. The molecule has 1 amide bonds. The number of fused-ring (bicyclic) bond motifs is 1. The number of benzene rings is 1. The van der Waals surface area contributed by atoms with Crippen molar-refractivity contribution in [3.8, 4) is 0 Å². The minimum Gasteiger partial charge on any atom is -0.361 e. The highest BCUT2D eigenvalue weighted by Gasteiger charge is 2.18. The fourth-order valence-electron chi connectivity index (χ4n) is 3.02. The molecule has 1 atom stereocenters. The van der Waals surface area contributed by atoms with Crippen molar-refractivity contribution in [3.05, 3.63) is 35.8 Å². The van der Waals surface area contributed by atoms with E-state index >= 15 is 0 Å². The van der Waals surface area contributed by atoms with Gasteiger partial charge in [-0.25, -0.2) is 4.39 Å². The van der Waals surface area contributed by atoms with Gasteiger partial charge in [-0.1, -0.05) is 0 Å². The van der Waals surface area contributed by atoms with Gasteiger partial charge in [0.2, 0.25) is 5.91 Å². The van der Waals surface area contributed by atoms with Crippen LogP contribution in [0.25, 0.3) is 10.9 Å². The number of halogens is 2. The van der Waals surface area contributed by atoms with Crippen LogP contribution in [0.1, 0.15) is 25.3 Å². The van der Waals surface area contributed by atoms with Crippen molar-refractivity contribution in [2.75, 3.05) is 19.6 Å². The lowest BCUT2D eigenvalue weighted by Gasteiger charge is -2.25. The largest absolute Gasteiger partial charge is 0.361 e. The summed E-state index contributed by atoms with van der Waals surface area (Å²) in [5.74, 6) is 0.618. The van der Waals surface area contributed by atoms with Crippen molar-refractivity contribution in [2.45, 2.75) is 32.2 Å². The number of hydrogen-bond acceptors (Lipinski definition) is 2. The molecule has 142 valence electrons. The molecule has 0 saturated carbocycles. The van der Waals surface area contributed by atoms with E-state index in [-0.39, 0.29) is 41.7 Å². The highest BCUT2D eigenvalue weighted by molar-refractivity contribution is 14.0. The lowest BCUT2D eigenvalue weighted by Crippen LogP contribution is -2.51. The molecule has 1 aromatic heterocycles. The molecule has 1 unspecified atom stereocenters. The van der Waals surface area contributed by atoms with E-state index in [1.54, 1.807) is 12.1 Å². The normalized spacial score (nSPS) is 17.5. The minimum atomic E-state index is -0.230. The number of aliphatic imine (C=N–C) groups is 1. The number of carbonyl (C=O) groups excluding carboxylic acids is 1. The molecule has 0 aliphatic carbocycles. The minimum absolute atomic E-state index is 0. The third-order valence-corrected chi connectivity index (χ3v) is 4.33. The first-order valence-electron chi connectivity index (χ1n) is 8.72. The average molecular weight is 473 g/mol. The Morgan fingerprint density at radius 2 is 2.27 bits per heavy atom. The zero-order chi connectivity index (χ0) is 17.6. The van der Waals surface area contributed by atoms with Gasteiger partial charge >= 0.3 is 0 Å². The molecule has 26 heavy (non-hydrogen) atoms. The lowest BCUT2D eigenvalue weighted by molar-refractivity contribution is -0.122. The van der Waals surface area contributed by atoms with E-state index < -0.39 is 0 Å². The third-order valence-electron chi connectivity index (χ3n) is 4.33. The number of aromatic nitrogens is 1. The molecule has 1 aliphatic rings. The summed E-state index contributed by atoms with van der Waals surface area (Å²) in [4.78, 5) is 19.0. The van der Waals surface area contributed by atoms with Gasteiger partial charge in [0.05, 0.1) is 0 Å². The van der Waals surface area contributed by atoms with Crippen LogP contribution in [0.4, 0.5) is 4.39 Å². The molecule has 2 heterocycles. The second kappa shape index (κ2) is 9.75. The van der Waals surface area contributed by atoms with Crippen LogP contribution in [0.15, 0.2) is 29.4 Å². The summed E-state index contributed by atoms with van der Waals surface area (Å²) < 4.78 is 13.4. The quantitative estimate of drug-likeness (QED) is 0.306. The fourth-order valence-corrected chi connectivity index (χ4v) is 3.02. The Hall–Kier alpha value is -1.84. The lowest BCUT2D eigenvalue weighted by atomic mass is 10.1. The van der Waals surface area contributed by atoms with Crippen LogP contribution in [0, 0.1) is 5.82 Å². The Labute approximate surface area is 169 Å². The van der Waals surface area contributed by atoms with Crippen LogP contribution < -0.4 is 16.0 Å². The molecule has 1 saturated heterocycles. The first-order valence-corrected chi connectivity index (χ1v) is 8.72. The number of rotatable bonds is 5. The summed E-state index contributed by atoms with van der Waals surface area (Å²) in [6.45, 7) is 3.99. The third kappa shape index (κ3) is 5.33. The van der Waals surface area contributed by atoms with Crippen LogP contribution in [0.5, 0.6) is 0 Å². The Balaban J connectivity index is 0.00000243. The number of H-pyrrole nitrogens is 1. The van der Waals surface area contributed by atoms with Crippen molar-refractivity contribution in [1.29, 1.82) is 0 Å². The number of nitrogens with one attached hydrogen (secondary N) is 4. The maximum atomic E-state index is 13.4. The Bertz CT molecular complexity index is 766. The summed E-state index contributed by atoms with van der Waals surface area (Å²) >= 11 is 0. The molecule has 0 spiro atoms. The van der Waals surface area contributed by atoms with Crippen LogP contribution in [-0.4, -0.2) is 42.5 Å². The Kier molecular flexibility index (Phi) is 7.67. The topological polar surface area (TPSA) is 81.3 Å². The molecular weight excluding hydrogens is 448 g/mol. The molecule has 3 rings (SSSR count). The molecule has 6 nitrogen and oxygen atoms in total. The van der Waals surface area contributed by atoms with E-state index in [1.807, 2.05) is 13.1 Å². The second-order valence-corrected chi connectivity index (χ2v) is 6.20. The smallest absolute Gasteiger partial charge is 0.220 e. The number of hydrogen-bond donors (Lipinski definition) is 4. The van der Waals surface area contributed by atoms with Crippen molar-refractivity contribution in [2.24, 2.45) is 4.99 Å². The fraction of sp³-hybridized carbons (Fsp3) is 0.444. The molecule has 0 radical (unpaired) electrons. The summed E-state index contributed by atoms with van der Waals surface area (Å²) in [6, 6.07) is 4.95. The van der Waals surface area contributed by atoms with Crippen molar-refractivity contribution < 1.29 is 9.18 Å². The van der Waals surface area contributed by atoms with E-state index in [4.69, 9.17) is 0 Å². The summed E-state index contributed by atoms with van der Waals surface area (Å²) in [5, 5.41) is 10.4. The summed E-state index contributed by atoms with van der Waals surface area (Å²) in [7, 11) is 0. The van der Waals surface area contributed by atoms with Gasteiger partial charge in [-0.15, -0.1) is 24.0 Å². The summed E-state index contributed by atoms with van der Waals surface area (Å²) in [6.07, 6.45) is 3.98. The summed E-state index contributed by atoms with van der Waals surface area (Å²) in [5.41, 5.74) is 1.99. The monoisotopic (exact) mass is 473 g/mol. The maximum absolute atomic E-state index is 13.4. The van der Waals surface area contributed by atoms with E-state index in [0.717, 1.165) is 41.8 Å². The molecule has 4 N–H and O–H groups in total. The maximum Gasteiger partial charge on any atom is 0.220 e. The van der Waals surface area contributed by atoms with Crippen molar-refractivity contribution >= 4 is 46.7 Å². The first-order chi connectivity index (χ1) is 12.2. The highest BCUT2D eigenvalue weighted by Crippen LogP contribution is 2.19. The van der Waals surface area contributed by atoms with Gasteiger partial charge in [0.15, 0.2) is 5.96 Å². The van der Waals surface area contributed by atoms with E-state index in [2.05, 4.69) is 25.9 Å². The predicted molar refractivity (Wildman–Crippen MR) is 113 cm³/mol. The van der Waals surface area contributed by atoms with Gasteiger partial charge in [0, 0.05) is 49.2 Å². The van der Waals surface area contributed by atoms with E-state index in [1.165, 1.54) is 6.07 Å². The van der Waals surface area contributed by atoms with E-state index in [0.29, 0.717) is 19.5 Å². The van der Waals surface area contributed by atoms with Crippen molar-refractivity contribution in [3.63, 3.8) is 0 Å². The van der Waals surface area contributed by atoms with Crippen LogP contribution in [-0.2, 0) is 11.2 Å². The number of carbonyl (C=O) groups is 1. The van der Waals surface area contributed by atoms with Crippen LogP contribution in [0.2, 0.25) is 0 Å². The van der Waals surface area contributed by atoms with Gasteiger partial charge < -0.3 is 20.9 Å². The standard InChI is InChI=1S/C18H24FN5O.HI/c1-2-20-18(24-14-4-6-17(25)23-11-14)21-8-7-12-10-22-16-5-3-13(19)9-15(12)16;/h3,5,9-10,14,22H,2,4,6-8,11H2,1H3,(H,23,25)(H2,20,21,24);1H. The zero-order valence-electron chi connectivity index (χ0n) is 14.8. The number of piperidine rings is 1. The van der Waals surface area contributed by atoms with Gasteiger partial charge in [0.1, 0.15) is 5.82 Å². The van der Waals surface area contributed by atoms with Crippen LogP contribution in [0.3, 0.4) is 0 Å². The number of nitrogens with zero attached hydrogens (tertiary/aromatic N) is 1. The van der Waals surface area contributed by atoms with Gasteiger partial charge in [-0.2, -0.15) is 0 Å². The molecule has 8 heteroatoms. The molecule has 2 aromatic rings. The van der Waals surface area contributed by atoms with E-state index in [9.17, 15) is 9.18 Å². The first kappa shape index (κ1) is 20.5. The molecule has 1 aromatic carbocycles. The SMILES string of the molecule is CCNC(=NCCc1c[nH]c2ccc(F)cc12)NC1CCC(=O)NC1.I. The molecule has 0 bridgehead atoms. The number of guanidine groups is 1. The molecular formula is C18H25FIN5O. The van der Waals surface area contributed by atoms with Crippen LogP contribution >= 0.6 is 24.0 Å². The van der Waals surface area contributed by atoms with Gasteiger partial charge in [-0.05, 0) is 43.5 Å². The number of aromatic amines is 1. The highest BCUT2D eigenvalue weighted by atomic mass is 127. The van der Waals surface area contributed by atoms with Crippen molar-refractivity contribution in [1.82, 2.24) is 20.9 Å². The Morgan fingerprint density at radius 1 is 1.42 bits per heavy atom. The second-order valence-electron chi connectivity index (χ2n) is 6.20. The average Bonchev–Trinajstić information content (AvgIpc) is 2.99.